The molecule has 0 amide bonds. The second-order valence-corrected chi connectivity index (χ2v) is 5.83. The zero-order valence-corrected chi connectivity index (χ0v) is 10.9. The van der Waals surface area contributed by atoms with Gasteiger partial charge in [-0.05, 0) is 25.2 Å². The summed E-state index contributed by atoms with van der Waals surface area (Å²) in [6, 6.07) is 0. The van der Waals surface area contributed by atoms with E-state index in [2.05, 4.69) is 24.1 Å². The van der Waals surface area contributed by atoms with Gasteiger partial charge in [0.25, 0.3) is 0 Å². The number of nitrogens with zero attached hydrogens (tertiary/aromatic N) is 1. The summed E-state index contributed by atoms with van der Waals surface area (Å²) in [5, 5.41) is 3.55. The van der Waals surface area contributed by atoms with Gasteiger partial charge in [0.05, 0.1) is 11.2 Å². The van der Waals surface area contributed by atoms with Crippen LogP contribution >= 0.6 is 11.3 Å². The molecule has 16 heavy (non-hydrogen) atoms. The fourth-order valence-corrected chi connectivity index (χ4v) is 2.76. The van der Waals surface area contributed by atoms with E-state index in [1.54, 1.807) is 11.3 Å². The highest BCUT2D eigenvalue weighted by molar-refractivity contribution is 7.09. The maximum atomic E-state index is 5.40. The van der Waals surface area contributed by atoms with Crippen molar-refractivity contribution in [3.63, 3.8) is 0 Å². The van der Waals surface area contributed by atoms with Crippen LogP contribution in [-0.4, -0.2) is 24.7 Å². The number of aryl methyl sites for hydroxylation is 1. The van der Waals surface area contributed by atoms with Crippen LogP contribution in [0.4, 0.5) is 0 Å². The Balaban J connectivity index is 1.77. The topological polar surface area (TPSA) is 34.2 Å². The Kier molecular flexibility index (Phi) is 3.95. The number of thiazole rings is 1. The molecule has 1 fully saturated rings. The monoisotopic (exact) mass is 240 g/mol. The Bertz CT molecular complexity index is 332. The van der Waals surface area contributed by atoms with Crippen LogP contribution in [0.15, 0.2) is 5.51 Å². The largest absolute Gasteiger partial charge is 0.381 e. The molecule has 0 saturated carbocycles. The fraction of sp³-hybridized carbons (Fsp3) is 0.750. The quantitative estimate of drug-likeness (QED) is 0.877. The molecule has 2 rings (SSSR count). The van der Waals surface area contributed by atoms with E-state index >= 15 is 0 Å². The van der Waals surface area contributed by atoms with E-state index in [0.717, 1.165) is 32.0 Å². The predicted molar refractivity (Wildman–Crippen MR) is 66.7 cm³/mol. The van der Waals surface area contributed by atoms with Crippen LogP contribution in [0, 0.1) is 12.3 Å². The summed E-state index contributed by atoms with van der Waals surface area (Å²) >= 11 is 1.74. The Morgan fingerprint density at radius 1 is 1.50 bits per heavy atom. The van der Waals surface area contributed by atoms with Crippen LogP contribution in [-0.2, 0) is 11.3 Å². The van der Waals surface area contributed by atoms with Crippen LogP contribution < -0.4 is 5.32 Å². The molecule has 0 radical (unpaired) electrons. The first-order valence-electron chi connectivity index (χ1n) is 5.87. The molecule has 0 bridgehead atoms. The van der Waals surface area contributed by atoms with Crippen molar-refractivity contribution in [2.75, 3.05) is 19.8 Å². The van der Waals surface area contributed by atoms with E-state index in [9.17, 15) is 0 Å². The zero-order chi connectivity index (χ0) is 11.4. The van der Waals surface area contributed by atoms with E-state index in [-0.39, 0.29) is 0 Å². The van der Waals surface area contributed by atoms with Gasteiger partial charge in [0.1, 0.15) is 0 Å². The molecule has 1 aromatic rings. The van der Waals surface area contributed by atoms with Crippen molar-refractivity contribution in [1.82, 2.24) is 10.3 Å². The minimum atomic E-state index is 0.414. The van der Waals surface area contributed by atoms with Crippen LogP contribution in [0.5, 0.6) is 0 Å². The third kappa shape index (κ3) is 3.03. The zero-order valence-electron chi connectivity index (χ0n) is 10.1. The molecule has 2 heterocycles. The van der Waals surface area contributed by atoms with Crippen LogP contribution in [0.1, 0.15) is 30.3 Å². The molecule has 1 aliphatic heterocycles. The van der Waals surface area contributed by atoms with Crippen LogP contribution in [0.3, 0.4) is 0 Å². The molecule has 1 aromatic heterocycles. The molecule has 1 saturated heterocycles. The molecular weight excluding hydrogens is 220 g/mol. The summed E-state index contributed by atoms with van der Waals surface area (Å²) in [6.45, 7) is 8.28. The molecule has 0 atom stereocenters. The van der Waals surface area contributed by atoms with E-state index in [1.807, 2.05) is 5.51 Å². The first-order valence-corrected chi connectivity index (χ1v) is 6.75. The van der Waals surface area contributed by atoms with Gasteiger partial charge in [-0.15, -0.1) is 11.3 Å². The van der Waals surface area contributed by atoms with Gasteiger partial charge in [-0.3, -0.25) is 0 Å². The molecule has 1 N–H and O–H groups in total. The van der Waals surface area contributed by atoms with Crippen molar-refractivity contribution < 1.29 is 4.74 Å². The Morgan fingerprint density at radius 3 is 2.88 bits per heavy atom. The number of aromatic nitrogens is 1. The van der Waals surface area contributed by atoms with Gasteiger partial charge in [0.15, 0.2) is 0 Å². The highest BCUT2D eigenvalue weighted by Gasteiger charge is 2.26. The molecule has 0 aliphatic carbocycles. The third-order valence-electron chi connectivity index (χ3n) is 3.38. The highest BCUT2D eigenvalue weighted by Crippen LogP contribution is 2.28. The van der Waals surface area contributed by atoms with Crippen molar-refractivity contribution in [2.45, 2.75) is 33.2 Å². The molecule has 90 valence electrons. The molecule has 0 aromatic carbocycles. The second kappa shape index (κ2) is 5.25. The number of ether oxygens (including phenoxy) is 1. The Hall–Kier alpha value is -0.450. The Labute approximate surface area is 101 Å². The first kappa shape index (κ1) is 12.0. The van der Waals surface area contributed by atoms with Crippen molar-refractivity contribution >= 4 is 11.3 Å². The molecule has 0 spiro atoms. The fourth-order valence-electron chi connectivity index (χ4n) is 2.01. The number of nitrogens with one attached hydrogen (secondary N) is 1. The first-order chi connectivity index (χ1) is 7.70. The minimum Gasteiger partial charge on any atom is -0.381 e. The highest BCUT2D eigenvalue weighted by atomic mass is 32.1. The lowest BCUT2D eigenvalue weighted by Gasteiger charge is -2.33. The molecule has 1 aliphatic rings. The van der Waals surface area contributed by atoms with Crippen LogP contribution in [0.2, 0.25) is 0 Å². The summed E-state index contributed by atoms with van der Waals surface area (Å²) < 4.78 is 5.40. The van der Waals surface area contributed by atoms with E-state index in [0.29, 0.717) is 5.41 Å². The number of hydrogen-bond acceptors (Lipinski definition) is 4. The van der Waals surface area contributed by atoms with Crippen molar-refractivity contribution in [1.29, 1.82) is 0 Å². The maximum absolute atomic E-state index is 5.40. The smallest absolute Gasteiger partial charge is 0.0798 e. The normalized spacial score (nSPS) is 19.9. The average Bonchev–Trinajstić information content (AvgIpc) is 2.65. The molecular formula is C12H20N2OS. The molecule has 3 nitrogen and oxygen atoms in total. The lowest BCUT2D eigenvalue weighted by molar-refractivity contribution is 0.0240. The van der Waals surface area contributed by atoms with Crippen molar-refractivity contribution in [3.8, 4) is 0 Å². The lowest BCUT2D eigenvalue weighted by Crippen LogP contribution is -2.36. The third-order valence-corrected chi connectivity index (χ3v) is 4.32. The van der Waals surface area contributed by atoms with Gasteiger partial charge >= 0.3 is 0 Å². The number of hydrogen-bond donors (Lipinski definition) is 1. The van der Waals surface area contributed by atoms with E-state index in [1.165, 1.54) is 17.7 Å². The minimum absolute atomic E-state index is 0.414. The molecule has 4 heteroatoms. The summed E-state index contributed by atoms with van der Waals surface area (Å²) in [6.07, 6.45) is 2.34. The van der Waals surface area contributed by atoms with Crippen molar-refractivity contribution in [3.05, 3.63) is 16.1 Å². The summed E-state index contributed by atoms with van der Waals surface area (Å²) in [5.41, 5.74) is 3.49. The average molecular weight is 240 g/mol. The number of rotatable bonds is 4. The van der Waals surface area contributed by atoms with Gasteiger partial charge in [0, 0.05) is 31.2 Å². The van der Waals surface area contributed by atoms with Gasteiger partial charge in [0.2, 0.25) is 0 Å². The van der Waals surface area contributed by atoms with Crippen LogP contribution in [0.25, 0.3) is 0 Å². The maximum Gasteiger partial charge on any atom is 0.0798 e. The summed E-state index contributed by atoms with van der Waals surface area (Å²) in [4.78, 5) is 5.61. The summed E-state index contributed by atoms with van der Waals surface area (Å²) in [7, 11) is 0. The van der Waals surface area contributed by atoms with Gasteiger partial charge in [-0.25, -0.2) is 4.98 Å². The Morgan fingerprint density at radius 2 is 2.25 bits per heavy atom. The van der Waals surface area contributed by atoms with E-state index < -0.39 is 0 Å². The summed E-state index contributed by atoms with van der Waals surface area (Å²) in [5.74, 6) is 0. The SMILES string of the molecule is Cc1ncsc1CNCC1(C)CCOCC1. The van der Waals surface area contributed by atoms with Gasteiger partial charge in [-0.2, -0.15) is 0 Å². The van der Waals surface area contributed by atoms with Gasteiger partial charge in [-0.1, -0.05) is 6.92 Å². The van der Waals surface area contributed by atoms with E-state index in [4.69, 9.17) is 4.74 Å². The molecule has 0 unspecified atom stereocenters. The predicted octanol–water partition coefficient (Wildman–Crippen LogP) is 2.36. The second-order valence-electron chi connectivity index (χ2n) is 4.89. The lowest BCUT2D eigenvalue weighted by atomic mass is 9.82. The van der Waals surface area contributed by atoms with Crippen molar-refractivity contribution in [2.24, 2.45) is 5.41 Å². The standard InChI is InChI=1S/C12H20N2OS/c1-10-11(16-9-14-10)7-13-8-12(2)3-5-15-6-4-12/h9,13H,3-8H2,1-2H3. The van der Waals surface area contributed by atoms with Gasteiger partial charge < -0.3 is 10.1 Å².